The van der Waals surface area contributed by atoms with Crippen LogP contribution in [0.1, 0.15) is 25.3 Å². The van der Waals surface area contributed by atoms with Gasteiger partial charge in [0, 0.05) is 16.2 Å². The molecule has 0 aromatic heterocycles. The number of carbonyl (C=O) groups is 3. The minimum Gasteiger partial charge on any atom is -0.490 e. The molecule has 0 spiro atoms. The molecule has 0 radical (unpaired) electrons. The van der Waals surface area contributed by atoms with E-state index in [0.29, 0.717) is 29.4 Å². The summed E-state index contributed by atoms with van der Waals surface area (Å²) in [6.45, 7) is 2.01. The molecule has 0 bridgehead atoms. The third-order valence-electron chi connectivity index (χ3n) is 4.25. The lowest BCUT2D eigenvalue weighted by Crippen LogP contribution is -2.38. The van der Waals surface area contributed by atoms with E-state index in [0.717, 1.165) is 17.3 Å². The number of nitrogens with one attached hydrogen (secondary N) is 3. The van der Waals surface area contributed by atoms with Crippen LogP contribution < -0.4 is 25.5 Å². The molecule has 2 aromatic rings. The average Bonchev–Trinajstić information content (AvgIpc) is 3.59. The van der Waals surface area contributed by atoms with Crippen molar-refractivity contribution in [1.82, 2.24) is 10.7 Å². The van der Waals surface area contributed by atoms with Crippen LogP contribution in [0.5, 0.6) is 11.5 Å². The standard InChI is InChI=1S/C22H23BrN4O5/c1-2-31-19-11-14(12-24-27-22(30)21(29)26-17-8-9-17)3-10-18(19)32-13-20(28)25-16-6-4-15(23)5-7-16/h3-7,10-12,17H,2,8-9,13H2,1H3,(H,25,28)(H,26,29)(H,27,30)/b24-12-. The van der Waals surface area contributed by atoms with Crippen LogP contribution in [0, 0.1) is 0 Å². The van der Waals surface area contributed by atoms with Gasteiger partial charge >= 0.3 is 11.8 Å². The molecule has 10 heteroatoms. The predicted molar refractivity (Wildman–Crippen MR) is 123 cm³/mol. The van der Waals surface area contributed by atoms with Crippen molar-refractivity contribution in [1.29, 1.82) is 0 Å². The number of hydrazone groups is 1. The Bertz CT molecular complexity index is 1010. The second-order valence-electron chi connectivity index (χ2n) is 6.93. The van der Waals surface area contributed by atoms with E-state index in [4.69, 9.17) is 9.47 Å². The number of amides is 3. The van der Waals surface area contributed by atoms with Crippen molar-refractivity contribution in [2.45, 2.75) is 25.8 Å². The molecule has 1 fully saturated rings. The van der Waals surface area contributed by atoms with E-state index in [-0.39, 0.29) is 18.6 Å². The molecule has 0 saturated heterocycles. The van der Waals surface area contributed by atoms with Crippen molar-refractivity contribution in [3.8, 4) is 11.5 Å². The van der Waals surface area contributed by atoms with Crippen molar-refractivity contribution < 1.29 is 23.9 Å². The number of hydrogen-bond acceptors (Lipinski definition) is 6. The molecule has 168 valence electrons. The van der Waals surface area contributed by atoms with Gasteiger partial charge in [-0.3, -0.25) is 14.4 Å². The summed E-state index contributed by atoms with van der Waals surface area (Å²) >= 11 is 3.34. The summed E-state index contributed by atoms with van der Waals surface area (Å²) in [6, 6.07) is 12.3. The van der Waals surface area contributed by atoms with Gasteiger partial charge in [0.25, 0.3) is 5.91 Å². The van der Waals surface area contributed by atoms with Crippen molar-refractivity contribution in [3.05, 3.63) is 52.5 Å². The van der Waals surface area contributed by atoms with Crippen LogP contribution in [0.25, 0.3) is 0 Å². The Hall–Kier alpha value is -3.40. The average molecular weight is 503 g/mol. The van der Waals surface area contributed by atoms with Crippen molar-refractivity contribution in [3.63, 3.8) is 0 Å². The molecule has 0 heterocycles. The normalized spacial score (nSPS) is 12.8. The third-order valence-corrected chi connectivity index (χ3v) is 4.78. The monoisotopic (exact) mass is 502 g/mol. The third kappa shape index (κ3) is 7.38. The van der Waals surface area contributed by atoms with Gasteiger partial charge in [0.1, 0.15) is 0 Å². The van der Waals surface area contributed by atoms with E-state index in [9.17, 15) is 14.4 Å². The Labute approximate surface area is 193 Å². The molecule has 0 aliphatic heterocycles. The van der Waals surface area contributed by atoms with E-state index in [1.54, 1.807) is 30.3 Å². The van der Waals surface area contributed by atoms with Gasteiger partial charge in [-0.1, -0.05) is 15.9 Å². The topological polar surface area (TPSA) is 118 Å². The lowest BCUT2D eigenvalue weighted by molar-refractivity contribution is -0.139. The van der Waals surface area contributed by atoms with Gasteiger partial charge in [0.15, 0.2) is 18.1 Å². The van der Waals surface area contributed by atoms with Gasteiger partial charge in [-0.15, -0.1) is 0 Å². The highest BCUT2D eigenvalue weighted by molar-refractivity contribution is 9.10. The Morgan fingerprint density at radius 3 is 2.50 bits per heavy atom. The van der Waals surface area contributed by atoms with E-state index < -0.39 is 11.8 Å². The molecule has 1 aliphatic rings. The summed E-state index contributed by atoms with van der Waals surface area (Å²) < 4.78 is 12.1. The number of nitrogens with zero attached hydrogens (tertiary/aromatic N) is 1. The van der Waals surface area contributed by atoms with Crippen LogP contribution in [0.3, 0.4) is 0 Å². The first-order valence-electron chi connectivity index (χ1n) is 10.0. The maximum Gasteiger partial charge on any atom is 0.329 e. The fourth-order valence-electron chi connectivity index (χ4n) is 2.56. The van der Waals surface area contributed by atoms with Crippen LogP contribution in [0.4, 0.5) is 5.69 Å². The second-order valence-corrected chi connectivity index (χ2v) is 7.85. The number of hydrogen-bond donors (Lipinski definition) is 3. The van der Waals surface area contributed by atoms with E-state index in [1.165, 1.54) is 6.21 Å². The highest BCUT2D eigenvalue weighted by atomic mass is 79.9. The molecule has 3 rings (SSSR count). The first kappa shape index (κ1) is 23.3. The maximum atomic E-state index is 12.2. The van der Waals surface area contributed by atoms with E-state index in [2.05, 4.69) is 37.1 Å². The lowest BCUT2D eigenvalue weighted by atomic mass is 10.2. The van der Waals surface area contributed by atoms with Gasteiger partial charge in [-0.2, -0.15) is 5.10 Å². The first-order chi connectivity index (χ1) is 15.4. The number of rotatable bonds is 9. The molecule has 2 aromatic carbocycles. The Morgan fingerprint density at radius 1 is 1.06 bits per heavy atom. The van der Waals surface area contributed by atoms with Crippen LogP contribution in [-0.4, -0.2) is 43.2 Å². The van der Waals surface area contributed by atoms with Crippen LogP contribution >= 0.6 is 15.9 Å². The van der Waals surface area contributed by atoms with Crippen LogP contribution in [-0.2, 0) is 14.4 Å². The Balaban J connectivity index is 1.54. The summed E-state index contributed by atoms with van der Waals surface area (Å²) in [4.78, 5) is 35.5. The quantitative estimate of drug-likeness (QED) is 0.276. The zero-order chi connectivity index (χ0) is 22.9. The van der Waals surface area contributed by atoms with Gasteiger partial charge < -0.3 is 20.1 Å². The fourth-order valence-corrected chi connectivity index (χ4v) is 2.83. The zero-order valence-corrected chi connectivity index (χ0v) is 19.0. The molecule has 1 saturated carbocycles. The largest absolute Gasteiger partial charge is 0.490 e. The summed E-state index contributed by atoms with van der Waals surface area (Å²) in [7, 11) is 0. The molecule has 9 nitrogen and oxygen atoms in total. The molecule has 0 unspecified atom stereocenters. The predicted octanol–water partition coefficient (Wildman–Crippen LogP) is 2.59. The van der Waals surface area contributed by atoms with Gasteiger partial charge in [0.2, 0.25) is 0 Å². The minimum absolute atomic E-state index is 0.0930. The fraction of sp³-hybridized carbons (Fsp3) is 0.273. The summed E-state index contributed by atoms with van der Waals surface area (Å²) in [6.07, 6.45) is 3.17. The van der Waals surface area contributed by atoms with Gasteiger partial charge in [-0.05, 0) is 67.8 Å². The molecule has 1 aliphatic carbocycles. The molecular weight excluding hydrogens is 480 g/mol. The highest BCUT2D eigenvalue weighted by Gasteiger charge is 2.26. The molecule has 0 atom stereocenters. The molecular formula is C22H23BrN4O5. The smallest absolute Gasteiger partial charge is 0.329 e. The molecule has 3 amide bonds. The molecule has 32 heavy (non-hydrogen) atoms. The lowest BCUT2D eigenvalue weighted by Gasteiger charge is -2.12. The SMILES string of the molecule is CCOc1cc(/C=N\NC(=O)C(=O)NC2CC2)ccc1OCC(=O)Nc1ccc(Br)cc1. The number of anilines is 1. The number of halogens is 1. The van der Waals surface area contributed by atoms with Crippen molar-refractivity contribution in [2.75, 3.05) is 18.5 Å². The van der Waals surface area contributed by atoms with Crippen molar-refractivity contribution in [2.24, 2.45) is 5.10 Å². The number of ether oxygens (including phenoxy) is 2. The minimum atomic E-state index is -0.824. The Kier molecular flexibility index (Phi) is 8.20. The first-order valence-corrected chi connectivity index (χ1v) is 10.8. The maximum absolute atomic E-state index is 12.2. The van der Waals surface area contributed by atoms with Crippen molar-refractivity contribution >= 4 is 45.6 Å². The summed E-state index contributed by atoms with van der Waals surface area (Å²) in [5.74, 6) is -1.03. The van der Waals surface area contributed by atoms with Crippen LogP contribution in [0.15, 0.2) is 52.0 Å². The van der Waals surface area contributed by atoms with Gasteiger partial charge in [0.05, 0.1) is 12.8 Å². The van der Waals surface area contributed by atoms with E-state index in [1.807, 2.05) is 19.1 Å². The number of carbonyl (C=O) groups excluding carboxylic acids is 3. The highest BCUT2D eigenvalue weighted by Crippen LogP contribution is 2.28. The summed E-state index contributed by atoms with van der Waals surface area (Å²) in [5, 5.41) is 9.13. The molecule has 3 N–H and O–H groups in total. The Morgan fingerprint density at radius 2 is 1.81 bits per heavy atom. The van der Waals surface area contributed by atoms with E-state index >= 15 is 0 Å². The second kappa shape index (κ2) is 11.3. The zero-order valence-electron chi connectivity index (χ0n) is 17.4. The van der Waals surface area contributed by atoms with Crippen LogP contribution in [0.2, 0.25) is 0 Å². The number of benzene rings is 2. The van der Waals surface area contributed by atoms with Gasteiger partial charge in [-0.25, -0.2) is 5.43 Å². The summed E-state index contributed by atoms with van der Waals surface area (Å²) in [5.41, 5.74) is 3.46.